The summed E-state index contributed by atoms with van der Waals surface area (Å²) in [5.41, 5.74) is -0.830. The summed E-state index contributed by atoms with van der Waals surface area (Å²) in [5, 5.41) is 7.00. The SMILES string of the molecule is Cn1c(=O)c(C2CCC3(CC2)CC2(CNCN2)C3)cn(CC2(F)COC2)c1=O. The molecule has 28 heavy (non-hydrogen) atoms. The van der Waals surface area contributed by atoms with Crippen molar-refractivity contribution in [3.63, 3.8) is 0 Å². The molecule has 0 aromatic carbocycles. The third kappa shape index (κ3) is 2.88. The molecule has 2 saturated carbocycles. The van der Waals surface area contributed by atoms with Crippen molar-refractivity contribution in [3.8, 4) is 0 Å². The molecule has 154 valence electrons. The molecular formula is C20H29FN4O3. The molecule has 8 heteroatoms. The lowest BCUT2D eigenvalue weighted by atomic mass is 9.51. The van der Waals surface area contributed by atoms with Crippen LogP contribution in [0.15, 0.2) is 15.8 Å². The Morgan fingerprint density at radius 1 is 1.25 bits per heavy atom. The lowest BCUT2D eigenvalue weighted by Gasteiger charge is -2.57. The van der Waals surface area contributed by atoms with Crippen LogP contribution in [-0.2, 0) is 18.3 Å². The van der Waals surface area contributed by atoms with Crippen LogP contribution in [0.25, 0.3) is 0 Å². The number of nitrogens with one attached hydrogen (secondary N) is 2. The molecule has 5 rings (SSSR count). The number of ether oxygens (including phenoxy) is 1. The van der Waals surface area contributed by atoms with Crippen molar-refractivity contribution in [1.82, 2.24) is 19.8 Å². The first-order valence-electron chi connectivity index (χ1n) is 10.4. The molecule has 3 heterocycles. The van der Waals surface area contributed by atoms with Crippen molar-refractivity contribution in [2.45, 2.75) is 62.2 Å². The maximum absolute atomic E-state index is 14.5. The molecule has 0 amide bonds. The Labute approximate surface area is 163 Å². The van der Waals surface area contributed by atoms with Gasteiger partial charge in [0.15, 0.2) is 5.67 Å². The van der Waals surface area contributed by atoms with E-state index >= 15 is 0 Å². The summed E-state index contributed by atoms with van der Waals surface area (Å²) >= 11 is 0. The molecule has 7 nitrogen and oxygen atoms in total. The molecule has 4 aliphatic rings. The largest absolute Gasteiger partial charge is 0.374 e. The van der Waals surface area contributed by atoms with Crippen LogP contribution in [-0.4, -0.2) is 46.8 Å². The molecule has 0 radical (unpaired) electrons. The smallest absolute Gasteiger partial charge is 0.330 e. The first-order chi connectivity index (χ1) is 13.3. The van der Waals surface area contributed by atoms with Gasteiger partial charge in [-0.1, -0.05) is 0 Å². The summed E-state index contributed by atoms with van der Waals surface area (Å²) in [6.45, 7) is 1.92. The molecule has 4 fully saturated rings. The van der Waals surface area contributed by atoms with Crippen LogP contribution >= 0.6 is 0 Å². The Balaban J connectivity index is 1.33. The number of hydrogen-bond donors (Lipinski definition) is 2. The maximum Gasteiger partial charge on any atom is 0.330 e. The second kappa shape index (κ2) is 6.24. The summed E-state index contributed by atoms with van der Waals surface area (Å²) < 4.78 is 22.0. The van der Waals surface area contributed by atoms with Gasteiger partial charge in [-0.25, -0.2) is 9.18 Å². The maximum atomic E-state index is 14.5. The molecule has 1 aromatic heterocycles. The minimum Gasteiger partial charge on any atom is -0.374 e. The zero-order valence-corrected chi connectivity index (χ0v) is 16.4. The van der Waals surface area contributed by atoms with Gasteiger partial charge in [-0.2, -0.15) is 0 Å². The van der Waals surface area contributed by atoms with Gasteiger partial charge >= 0.3 is 5.69 Å². The lowest BCUT2D eigenvalue weighted by molar-refractivity contribution is -0.138. The van der Waals surface area contributed by atoms with E-state index in [0.29, 0.717) is 11.0 Å². The average Bonchev–Trinajstić information content (AvgIpc) is 3.10. The summed E-state index contributed by atoms with van der Waals surface area (Å²) in [6.07, 6.45) is 8.19. The van der Waals surface area contributed by atoms with Crippen LogP contribution in [0, 0.1) is 5.41 Å². The van der Waals surface area contributed by atoms with E-state index in [-0.39, 0.29) is 36.8 Å². The molecule has 0 atom stereocenters. The minimum atomic E-state index is -1.50. The Hall–Kier alpha value is -1.51. The normalized spacial score (nSPS) is 36.4. The molecule has 2 spiro atoms. The summed E-state index contributed by atoms with van der Waals surface area (Å²) in [7, 11) is 1.49. The van der Waals surface area contributed by atoms with Crippen molar-refractivity contribution in [1.29, 1.82) is 0 Å². The summed E-state index contributed by atoms with van der Waals surface area (Å²) in [6, 6.07) is 0. The number of alkyl halides is 1. The highest BCUT2D eigenvalue weighted by Gasteiger charge is 2.56. The van der Waals surface area contributed by atoms with Crippen LogP contribution in [0.1, 0.15) is 50.0 Å². The van der Waals surface area contributed by atoms with Gasteiger partial charge in [0.1, 0.15) is 0 Å². The lowest BCUT2D eigenvalue weighted by Crippen LogP contribution is -2.60. The minimum absolute atomic E-state index is 0.00814. The summed E-state index contributed by atoms with van der Waals surface area (Å²) in [4.78, 5) is 25.2. The van der Waals surface area contributed by atoms with Gasteiger partial charge in [-0.3, -0.25) is 19.2 Å². The van der Waals surface area contributed by atoms with E-state index in [4.69, 9.17) is 4.74 Å². The Morgan fingerprint density at radius 3 is 2.54 bits per heavy atom. The fourth-order valence-electron chi connectivity index (χ4n) is 6.01. The number of hydrogen-bond acceptors (Lipinski definition) is 5. The standard InChI is InChI=1S/C20H29FN4O3/c1-24-16(26)15(6-25(17(24)27)10-19(21)11-28-12-19)14-2-4-18(5-3-14)7-20(8-18)9-22-13-23-20/h6,14,22-23H,2-5,7-13H2,1H3. The van der Waals surface area contributed by atoms with Gasteiger partial charge in [-0.05, 0) is 49.9 Å². The molecule has 2 N–H and O–H groups in total. The molecule has 0 unspecified atom stereocenters. The number of halogens is 1. The van der Waals surface area contributed by atoms with Crippen LogP contribution in [0.3, 0.4) is 0 Å². The quantitative estimate of drug-likeness (QED) is 0.788. The topological polar surface area (TPSA) is 77.3 Å². The number of nitrogens with zero attached hydrogens (tertiary/aromatic N) is 2. The van der Waals surface area contributed by atoms with E-state index in [1.165, 1.54) is 24.5 Å². The zero-order chi connectivity index (χ0) is 19.6. The predicted octanol–water partition coefficient (Wildman–Crippen LogP) is 0.612. The van der Waals surface area contributed by atoms with Crippen molar-refractivity contribution < 1.29 is 9.13 Å². The molecule has 0 bridgehead atoms. The number of rotatable bonds is 3. The predicted molar refractivity (Wildman–Crippen MR) is 102 cm³/mol. The Bertz CT molecular complexity index is 880. The van der Waals surface area contributed by atoms with Crippen molar-refractivity contribution in [3.05, 3.63) is 32.6 Å². The van der Waals surface area contributed by atoms with Gasteiger partial charge in [0.25, 0.3) is 5.56 Å². The van der Waals surface area contributed by atoms with Crippen molar-refractivity contribution in [2.75, 3.05) is 26.4 Å². The zero-order valence-electron chi connectivity index (χ0n) is 16.4. The van der Waals surface area contributed by atoms with E-state index in [9.17, 15) is 14.0 Å². The van der Waals surface area contributed by atoms with Crippen molar-refractivity contribution in [2.24, 2.45) is 12.5 Å². The average molecular weight is 392 g/mol. The van der Waals surface area contributed by atoms with E-state index in [1.807, 2.05) is 0 Å². The van der Waals surface area contributed by atoms with Gasteiger partial charge < -0.3 is 10.1 Å². The van der Waals surface area contributed by atoms with Crippen LogP contribution in [0.4, 0.5) is 4.39 Å². The molecule has 2 saturated heterocycles. The van der Waals surface area contributed by atoms with Gasteiger partial charge in [0, 0.05) is 37.6 Å². The highest BCUT2D eigenvalue weighted by molar-refractivity contribution is 5.18. The molecule has 1 aromatic rings. The molecule has 2 aliphatic carbocycles. The van der Waals surface area contributed by atoms with Crippen LogP contribution in [0.5, 0.6) is 0 Å². The highest BCUT2D eigenvalue weighted by atomic mass is 19.1. The van der Waals surface area contributed by atoms with E-state index in [2.05, 4.69) is 10.6 Å². The first kappa shape index (κ1) is 18.5. The fraction of sp³-hybridized carbons (Fsp3) is 0.800. The van der Waals surface area contributed by atoms with Crippen LogP contribution < -0.4 is 21.9 Å². The summed E-state index contributed by atoms with van der Waals surface area (Å²) in [5.74, 6) is 0.149. The van der Waals surface area contributed by atoms with Crippen LogP contribution in [0.2, 0.25) is 0 Å². The second-order valence-electron chi connectivity index (χ2n) is 9.69. The van der Waals surface area contributed by atoms with Crippen molar-refractivity contribution >= 4 is 0 Å². The van der Waals surface area contributed by atoms with Gasteiger partial charge in [-0.15, -0.1) is 0 Å². The van der Waals surface area contributed by atoms with E-state index in [0.717, 1.165) is 43.5 Å². The monoisotopic (exact) mass is 392 g/mol. The fourth-order valence-corrected chi connectivity index (χ4v) is 6.01. The molecular weight excluding hydrogens is 363 g/mol. The molecule has 2 aliphatic heterocycles. The number of aromatic nitrogens is 2. The van der Waals surface area contributed by atoms with Gasteiger partial charge in [0.2, 0.25) is 0 Å². The van der Waals surface area contributed by atoms with E-state index < -0.39 is 11.4 Å². The Kier molecular flexibility index (Phi) is 4.13. The second-order valence-corrected chi connectivity index (χ2v) is 9.69. The third-order valence-electron chi connectivity index (χ3n) is 7.52. The Morgan fingerprint density at radius 2 is 1.96 bits per heavy atom. The highest BCUT2D eigenvalue weighted by Crippen LogP contribution is 2.58. The van der Waals surface area contributed by atoms with E-state index in [1.54, 1.807) is 6.20 Å². The van der Waals surface area contributed by atoms with Gasteiger partial charge in [0.05, 0.1) is 19.8 Å². The third-order valence-corrected chi connectivity index (χ3v) is 7.52. The first-order valence-corrected chi connectivity index (χ1v) is 10.4.